The molecule has 5 nitrogen and oxygen atoms in total. The van der Waals surface area contributed by atoms with E-state index in [0.29, 0.717) is 19.8 Å². The lowest BCUT2D eigenvalue weighted by Crippen LogP contribution is -2.40. The summed E-state index contributed by atoms with van der Waals surface area (Å²) in [5, 5.41) is 9.20. The average Bonchev–Trinajstić information content (AvgIpc) is 2.90. The molecule has 1 saturated heterocycles. The van der Waals surface area contributed by atoms with Crippen molar-refractivity contribution in [3.63, 3.8) is 0 Å². The van der Waals surface area contributed by atoms with Crippen molar-refractivity contribution >= 4 is 5.97 Å². The number of nitrogens with zero attached hydrogens (tertiary/aromatic N) is 1. The Morgan fingerprint density at radius 1 is 1.38 bits per heavy atom. The number of aliphatic carboxylic acids is 1. The third kappa shape index (κ3) is 4.19. The molecule has 0 amide bonds. The monoisotopic (exact) mass is 293 g/mol. The Morgan fingerprint density at radius 3 is 2.62 bits per heavy atom. The van der Waals surface area contributed by atoms with Crippen LogP contribution in [0.4, 0.5) is 0 Å². The van der Waals surface area contributed by atoms with Crippen LogP contribution < -0.4 is 4.74 Å². The van der Waals surface area contributed by atoms with E-state index in [1.165, 1.54) is 0 Å². The lowest BCUT2D eigenvalue weighted by atomic mass is 10.0. The highest BCUT2D eigenvalue weighted by molar-refractivity contribution is 5.71. The molecule has 0 spiro atoms. The highest BCUT2D eigenvalue weighted by Crippen LogP contribution is 2.21. The van der Waals surface area contributed by atoms with Gasteiger partial charge in [0.2, 0.25) is 0 Å². The fourth-order valence-electron chi connectivity index (χ4n) is 2.56. The average molecular weight is 293 g/mol. The molecule has 1 aromatic rings. The van der Waals surface area contributed by atoms with E-state index in [2.05, 4.69) is 0 Å². The molecule has 0 aromatic heterocycles. The molecule has 0 bridgehead atoms. The van der Waals surface area contributed by atoms with E-state index in [-0.39, 0.29) is 12.1 Å². The number of hydrogen-bond acceptors (Lipinski definition) is 4. The second-order valence-electron chi connectivity index (χ2n) is 5.78. The summed E-state index contributed by atoms with van der Waals surface area (Å²) in [5.74, 6) is -0.382. The molecule has 0 saturated carbocycles. The molecule has 5 heteroatoms. The molecule has 1 aromatic carbocycles. The van der Waals surface area contributed by atoms with E-state index >= 15 is 0 Å². The zero-order chi connectivity index (χ0) is 15.4. The normalized spacial score (nSPS) is 22.0. The van der Waals surface area contributed by atoms with E-state index in [1.807, 2.05) is 50.1 Å². The zero-order valence-electron chi connectivity index (χ0n) is 12.8. The van der Waals surface area contributed by atoms with Crippen LogP contribution in [0.25, 0.3) is 0 Å². The quantitative estimate of drug-likeness (QED) is 0.869. The molecule has 0 radical (unpaired) electrons. The van der Waals surface area contributed by atoms with Gasteiger partial charge < -0.3 is 14.6 Å². The number of carboxylic acids is 1. The first-order valence-electron chi connectivity index (χ1n) is 7.23. The van der Waals surface area contributed by atoms with Crippen LogP contribution in [-0.4, -0.2) is 48.4 Å². The van der Waals surface area contributed by atoms with Crippen molar-refractivity contribution in [1.82, 2.24) is 4.90 Å². The Labute approximate surface area is 125 Å². The highest BCUT2D eigenvalue weighted by atomic mass is 16.5. The standard InChI is InChI=1S/C16H23NO4/c1-11(2)21-13-6-4-12(5-7-13)8-17(3)15-10-20-9-14(15)16(18)19/h4-7,11,14-15H,8-10H2,1-3H3,(H,18,19). The van der Waals surface area contributed by atoms with Gasteiger partial charge in [0.25, 0.3) is 0 Å². The first-order chi connectivity index (χ1) is 9.97. The third-order valence-corrected chi connectivity index (χ3v) is 3.66. The molecular weight excluding hydrogens is 270 g/mol. The van der Waals surface area contributed by atoms with Crippen LogP contribution in [0.15, 0.2) is 24.3 Å². The number of benzene rings is 1. The summed E-state index contributed by atoms with van der Waals surface area (Å²) in [7, 11) is 1.94. The summed E-state index contributed by atoms with van der Waals surface area (Å²) in [4.78, 5) is 13.2. The minimum atomic E-state index is -0.787. The second-order valence-corrected chi connectivity index (χ2v) is 5.78. The highest BCUT2D eigenvalue weighted by Gasteiger charge is 2.36. The van der Waals surface area contributed by atoms with Gasteiger partial charge in [0.1, 0.15) is 5.75 Å². The largest absolute Gasteiger partial charge is 0.491 e. The van der Waals surface area contributed by atoms with Gasteiger partial charge in [-0.15, -0.1) is 0 Å². The van der Waals surface area contributed by atoms with Crippen molar-refractivity contribution in [3.8, 4) is 5.75 Å². The van der Waals surface area contributed by atoms with Crippen molar-refractivity contribution in [1.29, 1.82) is 0 Å². The van der Waals surface area contributed by atoms with Crippen LogP contribution in [0.1, 0.15) is 19.4 Å². The van der Waals surface area contributed by atoms with Gasteiger partial charge in [0, 0.05) is 12.6 Å². The molecule has 2 rings (SSSR count). The van der Waals surface area contributed by atoms with Gasteiger partial charge in [-0.1, -0.05) is 12.1 Å². The Hall–Kier alpha value is -1.59. The van der Waals surface area contributed by atoms with Crippen LogP contribution in [0.5, 0.6) is 5.75 Å². The Bertz CT molecular complexity index is 472. The van der Waals surface area contributed by atoms with E-state index in [1.54, 1.807) is 0 Å². The maximum absolute atomic E-state index is 11.2. The molecule has 2 atom stereocenters. The summed E-state index contributed by atoms with van der Waals surface area (Å²) < 4.78 is 10.9. The molecule has 1 aliphatic rings. The smallest absolute Gasteiger partial charge is 0.310 e. The van der Waals surface area contributed by atoms with Gasteiger partial charge in [-0.3, -0.25) is 9.69 Å². The molecule has 1 heterocycles. The van der Waals surface area contributed by atoms with Crippen molar-refractivity contribution in [2.75, 3.05) is 20.3 Å². The van der Waals surface area contributed by atoms with Crippen molar-refractivity contribution in [2.24, 2.45) is 5.92 Å². The number of rotatable bonds is 6. The summed E-state index contributed by atoms with van der Waals surface area (Å²) >= 11 is 0. The maximum Gasteiger partial charge on any atom is 0.310 e. The van der Waals surface area contributed by atoms with Crippen LogP contribution in [-0.2, 0) is 16.1 Å². The van der Waals surface area contributed by atoms with Gasteiger partial charge in [-0.25, -0.2) is 0 Å². The van der Waals surface area contributed by atoms with Crippen molar-refractivity contribution < 1.29 is 19.4 Å². The predicted molar refractivity (Wildman–Crippen MR) is 79.4 cm³/mol. The van der Waals surface area contributed by atoms with E-state index in [4.69, 9.17) is 9.47 Å². The molecule has 1 N–H and O–H groups in total. The molecule has 1 aliphatic heterocycles. The number of carboxylic acid groups (broad SMARTS) is 1. The molecule has 116 valence electrons. The second kappa shape index (κ2) is 6.91. The lowest BCUT2D eigenvalue weighted by Gasteiger charge is -2.26. The van der Waals surface area contributed by atoms with Gasteiger partial charge in [0.05, 0.1) is 25.2 Å². The van der Waals surface area contributed by atoms with E-state index in [9.17, 15) is 9.90 Å². The van der Waals surface area contributed by atoms with Crippen molar-refractivity contribution in [2.45, 2.75) is 32.5 Å². The minimum absolute atomic E-state index is 0.0749. The van der Waals surface area contributed by atoms with E-state index < -0.39 is 11.9 Å². The summed E-state index contributed by atoms with van der Waals surface area (Å²) in [6.07, 6.45) is 0.158. The van der Waals surface area contributed by atoms with E-state index in [0.717, 1.165) is 11.3 Å². The van der Waals surface area contributed by atoms with Gasteiger partial charge >= 0.3 is 5.97 Å². The SMILES string of the molecule is CC(C)Oc1ccc(CN(C)C2COCC2C(=O)O)cc1. The summed E-state index contributed by atoms with van der Waals surface area (Å²) in [6, 6.07) is 7.85. The van der Waals surface area contributed by atoms with Gasteiger partial charge in [-0.2, -0.15) is 0 Å². The van der Waals surface area contributed by atoms with Gasteiger partial charge in [-0.05, 0) is 38.6 Å². The lowest BCUT2D eigenvalue weighted by molar-refractivity contribution is -0.143. The summed E-state index contributed by atoms with van der Waals surface area (Å²) in [5.41, 5.74) is 1.13. The fourth-order valence-corrected chi connectivity index (χ4v) is 2.56. The molecule has 2 unspecified atom stereocenters. The molecule has 0 aliphatic carbocycles. The number of hydrogen-bond donors (Lipinski definition) is 1. The molecule has 21 heavy (non-hydrogen) atoms. The van der Waals surface area contributed by atoms with Crippen LogP contribution >= 0.6 is 0 Å². The van der Waals surface area contributed by atoms with Crippen molar-refractivity contribution in [3.05, 3.63) is 29.8 Å². The first-order valence-corrected chi connectivity index (χ1v) is 7.23. The van der Waals surface area contributed by atoms with Crippen LogP contribution in [0.3, 0.4) is 0 Å². The Balaban J connectivity index is 1.96. The zero-order valence-corrected chi connectivity index (χ0v) is 12.8. The molecule has 1 fully saturated rings. The van der Waals surface area contributed by atoms with Gasteiger partial charge in [0.15, 0.2) is 0 Å². The summed E-state index contributed by atoms with van der Waals surface area (Å²) in [6.45, 7) is 5.45. The fraction of sp³-hybridized carbons (Fsp3) is 0.562. The number of carbonyl (C=O) groups is 1. The minimum Gasteiger partial charge on any atom is -0.491 e. The first kappa shape index (κ1) is 15.8. The van der Waals surface area contributed by atoms with Crippen LogP contribution in [0.2, 0.25) is 0 Å². The maximum atomic E-state index is 11.2. The third-order valence-electron chi connectivity index (χ3n) is 3.66. The number of ether oxygens (including phenoxy) is 2. The van der Waals surface area contributed by atoms with Crippen LogP contribution in [0, 0.1) is 5.92 Å². The topological polar surface area (TPSA) is 59.0 Å². The predicted octanol–water partition coefficient (Wildman–Crippen LogP) is 2.01. The Morgan fingerprint density at radius 2 is 2.05 bits per heavy atom. The number of likely N-dealkylation sites (N-methyl/N-ethyl adjacent to an activating group) is 1. The molecular formula is C16H23NO4. The Kier molecular flexibility index (Phi) is 5.20.